The van der Waals surface area contributed by atoms with Gasteiger partial charge in [0, 0.05) is 29.0 Å². The molecule has 0 fully saturated rings. The quantitative estimate of drug-likeness (QED) is 0.343. The molecule has 5 rings (SSSR count). The number of amides is 1. The molecule has 0 aliphatic rings. The summed E-state index contributed by atoms with van der Waals surface area (Å²) in [5.41, 5.74) is 2.50. The van der Waals surface area contributed by atoms with Gasteiger partial charge in [-0.05, 0) is 48.5 Å². The van der Waals surface area contributed by atoms with E-state index in [0.717, 1.165) is 22.0 Å². The molecule has 7 heteroatoms. The van der Waals surface area contributed by atoms with E-state index in [1.165, 1.54) is 0 Å². The molecule has 1 amide bonds. The highest BCUT2D eigenvalue weighted by atomic mass is 32.1. The zero-order valence-corrected chi connectivity index (χ0v) is 17.8. The normalized spacial score (nSPS) is 10.8. The second-order valence-electron chi connectivity index (χ2n) is 7.02. The molecule has 3 aromatic carbocycles. The number of para-hydroxylation sites is 1. The smallest absolute Gasteiger partial charge is 0.262 e. The number of imidazole rings is 1. The Balaban J connectivity index is 1.17. The van der Waals surface area contributed by atoms with Gasteiger partial charge in [-0.25, -0.2) is 4.98 Å². The Morgan fingerprint density at radius 2 is 1.72 bits per heavy atom. The molecule has 0 aliphatic carbocycles. The van der Waals surface area contributed by atoms with Crippen LogP contribution in [0.2, 0.25) is 0 Å². The Labute approximate surface area is 188 Å². The predicted octanol–water partition coefficient (Wildman–Crippen LogP) is 5.87. The first-order valence-electron chi connectivity index (χ1n) is 10.0. The molecule has 5 aromatic rings. The maximum Gasteiger partial charge on any atom is 0.262 e. The molecule has 0 atom stereocenters. The molecule has 0 spiro atoms. The van der Waals surface area contributed by atoms with Crippen LogP contribution < -0.4 is 14.8 Å². The summed E-state index contributed by atoms with van der Waals surface area (Å²) in [7, 11) is 0. The van der Waals surface area contributed by atoms with Crippen LogP contribution in [-0.4, -0.2) is 21.9 Å². The number of benzene rings is 3. The first-order chi connectivity index (χ1) is 15.7. The number of anilines is 1. The van der Waals surface area contributed by atoms with Crippen LogP contribution in [0.25, 0.3) is 16.2 Å². The van der Waals surface area contributed by atoms with Crippen LogP contribution >= 0.6 is 11.3 Å². The lowest BCUT2D eigenvalue weighted by Gasteiger charge is -2.09. The van der Waals surface area contributed by atoms with Crippen molar-refractivity contribution < 1.29 is 14.3 Å². The van der Waals surface area contributed by atoms with Gasteiger partial charge < -0.3 is 14.8 Å². The second kappa shape index (κ2) is 8.95. The summed E-state index contributed by atoms with van der Waals surface area (Å²) in [4.78, 5) is 17.9. The largest absolute Gasteiger partial charge is 0.484 e. The van der Waals surface area contributed by atoms with Crippen molar-refractivity contribution in [3.05, 3.63) is 96.6 Å². The van der Waals surface area contributed by atoms with Crippen molar-refractivity contribution in [2.75, 3.05) is 11.9 Å². The van der Waals surface area contributed by atoms with Crippen molar-refractivity contribution in [3.63, 3.8) is 0 Å². The number of fused-ring (bicyclic) bond motifs is 1. The molecule has 158 valence electrons. The van der Waals surface area contributed by atoms with Crippen LogP contribution in [0.1, 0.15) is 0 Å². The molecule has 2 aromatic heterocycles. The van der Waals surface area contributed by atoms with E-state index in [9.17, 15) is 4.79 Å². The molecule has 0 saturated heterocycles. The van der Waals surface area contributed by atoms with E-state index in [0.29, 0.717) is 17.2 Å². The van der Waals surface area contributed by atoms with E-state index in [1.54, 1.807) is 35.6 Å². The highest BCUT2D eigenvalue weighted by Crippen LogP contribution is 2.25. The van der Waals surface area contributed by atoms with Gasteiger partial charge in [0.2, 0.25) is 0 Å². The number of carbonyl (C=O) groups excluding carboxylic acids is 1. The lowest BCUT2D eigenvalue weighted by atomic mass is 10.1. The number of aromatic nitrogens is 2. The number of hydrogen-bond donors (Lipinski definition) is 1. The fourth-order valence-electron chi connectivity index (χ4n) is 3.20. The van der Waals surface area contributed by atoms with E-state index < -0.39 is 0 Å². The van der Waals surface area contributed by atoms with Crippen molar-refractivity contribution in [3.8, 4) is 28.5 Å². The lowest BCUT2D eigenvalue weighted by Crippen LogP contribution is -2.20. The average Bonchev–Trinajstić information content (AvgIpc) is 3.42. The van der Waals surface area contributed by atoms with Gasteiger partial charge in [-0.2, -0.15) is 0 Å². The van der Waals surface area contributed by atoms with E-state index in [1.807, 2.05) is 76.8 Å². The molecule has 0 bridgehead atoms. The number of thiazole rings is 1. The van der Waals surface area contributed by atoms with Gasteiger partial charge >= 0.3 is 0 Å². The van der Waals surface area contributed by atoms with Gasteiger partial charge in [0.05, 0.1) is 5.69 Å². The van der Waals surface area contributed by atoms with Gasteiger partial charge in [0.25, 0.3) is 5.91 Å². The monoisotopic (exact) mass is 441 g/mol. The Hall–Kier alpha value is -4.10. The number of carbonyl (C=O) groups is 1. The third-order valence-electron chi connectivity index (χ3n) is 4.71. The van der Waals surface area contributed by atoms with Crippen molar-refractivity contribution in [1.82, 2.24) is 9.38 Å². The summed E-state index contributed by atoms with van der Waals surface area (Å²) < 4.78 is 13.3. The second-order valence-corrected chi connectivity index (χ2v) is 7.90. The van der Waals surface area contributed by atoms with Gasteiger partial charge in [-0.3, -0.25) is 9.20 Å². The van der Waals surface area contributed by atoms with Crippen LogP contribution in [0.3, 0.4) is 0 Å². The lowest BCUT2D eigenvalue weighted by molar-refractivity contribution is -0.118. The summed E-state index contributed by atoms with van der Waals surface area (Å²) in [5.74, 6) is 1.81. The Morgan fingerprint density at radius 1 is 0.938 bits per heavy atom. The molecular weight excluding hydrogens is 422 g/mol. The van der Waals surface area contributed by atoms with Gasteiger partial charge in [-0.15, -0.1) is 11.3 Å². The predicted molar refractivity (Wildman–Crippen MR) is 126 cm³/mol. The first kappa shape index (κ1) is 19.8. The van der Waals surface area contributed by atoms with E-state index in [4.69, 9.17) is 9.47 Å². The standard InChI is InChI=1S/C25H19N3O3S/c29-24(17-30-20-9-11-22(12-10-20)31-21-7-2-1-3-8-21)26-19-6-4-5-18(15-19)23-16-28-13-14-32-25(28)27-23/h1-16H,17H2,(H,26,29). The number of nitrogens with one attached hydrogen (secondary N) is 1. The van der Waals surface area contributed by atoms with Crippen LogP contribution in [0, 0.1) is 0 Å². The maximum absolute atomic E-state index is 12.4. The number of rotatable bonds is 7. The van der Waals surface area contributed by atoms with Gasteiger partial charge in [0.1, 0.15) is 17.2 Å². The first-order valence-corrected chi connectivity index (χ1v) is 10.9. The highest BCUT2D eigenvalue weighted by Gasteiger charge is 2.08. The summed E-state index contributed by atoms with van der Waals surface area (Å²) >= 11 is 1.58. The zero-order chi connectivity index (χ0) is 21.8. The maximum atomic E-state index is 12.4. The van der Waals surface area contributed by atoms with Crippen LogP contribution in [0.15, 0.2) is 96.6 Å². The molecule has 0 aliphatic heterocycles. The van der Waals surface area contributed by atoms with Gasteiger partial charge in [0.15, 0.2) is 11.6 Å². The molecule has 0 unspecified atom stereocenters. The Kier molecular flexibility index (Phi) is 5.55. The van der Waals surface area contributed by atoms with Crippen molar-refractivity contribution in [2.45, 2.75) is 0 Å². The van der Waals surface area contributed by atoms with Crippen molar-refractivity contribution in [2.24, 2.45) is 0 Å². The highest BCUT2D eigenvalue weighted by molar-refractivity contribution is 7.15. The fraction of sp³-hybridized carbons (Fsp3) is 0.0400. The SMILES string of the molecule is O=C(COc1ccc(Oc2ccccc2)cc1)Nc1cccc(-c2cn3ccsc3n2)c1. The van der Waals surface area contributed by atoms with Gasteiger partial charge in [-0.1, -0.05) is 30.3 Å². The zero-order valence-electron chi connectivity index (χ0n) is 17.0. The number of ether oxygens (including phenoxy) is 2. The Bertz CT molecular complexity index is 1320. The number of nitrogens with zero attached hydrogens (tertiary/aromatic N) is 2. The molecule has 0 saturated carbocycles. The van der Waals surface area contributed by atoms with Crippen LogP contribution in [0.4, 0.5) is 5.69 Å². The third kappa shape index (κ3) is 4.63. The van der Waals surface area contributed by atoms with Crippen LogP contribution in [0.5, 0.6) is 17.2 Å². The van der Waals surface area contributed by atoms with E-state index in [-0.39, 0.29) is 12.5 Å². The van der Waals surface area contributed by atoms with E-state index in [2.05, 4.69) is 10.3 Å². The minimum atomic E-state index is -0.238. The fourth-order valence-corrected chi connectivity index (χ4v) is 3.90. The third-order valence-corrected chi connectivity index (χ3v) is 5.48. The summed E-state index contributed by atoms with van der Waals surface area (Å²) in [6, 6.07) is 24.3. The average molecular weight is 442 g/mol. The van der Waals surface area contributed by atoms with Crippen molar-refractivity contribution in [1.29, 1.82) is 0 Å². The molecule has 1 N–H and O–H groups in total. The van der Waals surface area contributed by atoms with Crippen LogP contribution in [-0.2, 0) is 4.79 Å². The molecule has 32 heavy (non-hydrogen) atoms. The Morgan fingerprint density at radius 3 is 2.53 bits per heavy atom. The van der Waals surface area contributed by atoms with Crippen molar-refractivity contribution >= 4 is 27.9 Å². The molecule has 2 heterocycles. The molecule has 6 nitrogen and oxygen atoms in total. The summed E-state index contributed by atoms with van der Waals surface area (Å²) in [6.45, 7) is -0.0939. The van der Waals surface area contributed by atoms with E-state index >= 15 is 0 Å². The summed E-state index contributed by atoms with van der Waals surface area (Å²) in [5, 5.41) is 4.87. The number of hydrogen-bond acceptors (Lipinski definition) is 5. The molecule has 0 radical (unpaired) electrons. The summed E-state index contributed by atoms with van der Waals surface area (Å²) in [6.07, 6.45) is 3.95. The minimum absolute atomic E-state index is 0.0939. The topological polar surface area (TPSA) is 64.9 Å². The minimum Gasteiger partial charge on any atom is -0.484 e. The molecular formula is C25H19N3O3S.